The molecule has 0 bridgehead atoms. The number of ether oxygens (including phenoxy) is 1. The molecule has 0 radical (unpaired) electrons. The van der Waals surface area contributed by atoms with E-state index < -0.39 is 0 Å². The van der Waals surface area contributed by atoms with Crippen molar-refractivity contribution in [1.29, 1.82) is 0 Å². The van der Waals surface area contributed by atoms with Gasteiger partial charge in [0.05, 0.1) is 6.54 Å². The Morgan fingerprint density at radius 1 is 1.39 bits per heavy atom. The van der Waals surface area contributed by atoms with Crippen molar-refractivity contribution in [3.05, 3.63) is 30.1 Å². The van der Waals surface area contributed by atoms with E-state index in [4.69, 9.17) is 4.74 Å². The molecule has 0 saturated carbocycles. The first-order valence-corrected chi connectivity index (χ1v) is 8.44. The molecule has 2 N–H and O–H groups in total. The van der Waals surface area contributed by atoms with E-state index in [0.717, 1.165) is 13.1 Å². The van der Waals surface area contributed by atoms with Gasteiger partial charge in [-0.25, -0.2) is 4.39 Å². The second kappa shape index (κ2) is 8.87. The minimum atomic E-state index is -0.288. The molecule has 1 fully saturated rings. The summed E-state index contributed by atoms with van der Waals surface area (Å²) in [5.74, 6) is 1.36. The summed E-state index contributed by atoms with van der Waals surface area (Å²) in [6.45, 7) is 6.59. The van der Waals surface area contributed by atoms with Crippen molar-refractivity contribution >= 4 is 5.91 Å². The number of nitrogens with one attached hydrogen (secondary N) is 2. The SMILES string of the molecule is CC(CNC(=O)CC(C)C1CCCNC1)Oc1ccc(F)cc1. The van der Waals surface area contributed by atoms with E-state index >= 15 is 0 Å². The van der Waals surface area contributed by atoms with Crippen LogP contribution in [0.4, 0.5) is 4.39 Å². The molecule has 3 unspecified atom stereocenters. The number of rotatable bonds is 7. The summed E-state index contributed by atoms with van der Waals surface area (Å²) in [4.78, 5) is 12.1. The van der Waals surface area contributed by atoms with Gasteiger partial charge in [-0.05, 0) is 69.0 Å². The van der Waals surface area contributed by atoms with Crippen molar-refractivity contribution in [2.45, 2.75) is 39.2 Å². The molecule has 1 saturated heterocycles. The molecule has 1 amide bonds. The van der Waals surface area contributed by atoms with Crippen molar-refractivity contribution in [3.63, 3.8) is 0 Å². The number of amides is 1. The van der Waals surface area contributed by atoms with Gasteiger partial charge in [-0.3, -0.25) is 4.79 Å². The van der Waals surface area contributed by atoms with E-state index in [0.29, 0.717) is 30.6 Å². The number of hydrogen-bond donors (Lipinski definition) is 2. The van der Waals surface area contributed by atoms with Gasteiger partial charge in [0.25, 0.3) is 0 Å². The van der Waals surface area contributed by atoms with Crippen LogP contribution in [0.1, 0.15) is 33.1 Å². The number of benzene rings is 1. The molecule has 4 nitrogen and oxygen atoms in total. The van der Waals surface area contributed by atoms with Gasteiger partial charge in [-0.1, -0.05) is 6.92 Å². The van der Waals surface area contributed by atoms with Gasteiger partial charge in [-0.2, -0.15) is 0 Å². The van der Waals surface area contributed by atoms with Crippen LogP contribution in [0.3, 0.4) is 0 Å². The van der Waals surface area contributed by atoms with Crippen LogP contribution >= 0.6 is 0 Å². The molecule has 5 heteroatoms. The van der Waals surface area contributed by atoms with Gasteiger partial charge in [0.1, 0.15) is 17.7 Å². The summed E-state index contributed by atoms with van der Waals surface area (Å²) in [6.07, 6.45) is 2.79. The summed E-state index contributed by atoms with van der Waals surface area (Å²) < 4.78 is 18.5. The maximum Gasteiger partial charge on any atom is 0.220 e. The Kier molecular flexibility index (Phi) is 6.84. The molecule has 23 heavy (non-hydrogen) atoms. The van der Waals surface area contributed by atoms with E-state index in [1.807, 2.05) is 6.92 Å². The first-order valence-electron chi connectivity index (χ1n) is 8.44. The lowest BCUT2D eigenvalue weighted by Crippen LogP contribution is -2.37. The number of carbonyl (C=O) groups excluding carboxylic acids is 1. The second-order valence-corrected chi connectivity index (χ2v) is 6.47. The molecule has 1 aliphatic heterocycles. The normalized spacial score (nSPS) is 20.6. The lowest BCUT2D eigenvalue weighted by molar-refractivity contribution is -0.122. The Labute approximate surface area is 137 Å². The maximum atomic E-state index is 12.8. The van der Waals surface area contributed by atoms with Crippen molar-refractivity contribution in [2.75, 3.05) is 19.6 Å². The monoisotopic (exact) mass is 322 g/mol. The second-order valence-electron chi connectivity index (χ2n) is 6.47. The fourth-order valence-corrected chi connectivity index (χ4v) is 2.94. The Hall–Kier alpha value is -1.62. The minimum absolute atomic E-state index is 0.0672. The van der Waals surface area contributed by atoms with E-state index in [9.17, 15) is 9.18 Å². The summed E-state index contributed by atoms with van der Waals surface area (Å²) in [6, 6.07) is 5.90. The lowest BCUT2D eigenvalue weighted by Gasteiger charge is -2.28. The molecule has 0 aliphatic carbocycles. The molecule has 1 aromatic carbocycles. The predicted molar refractivity (Wildman–Crippen MR) is 88.9 cm³/mol. The number of carbonyl (C=O) groups is 1. The van der Waals surface area contributed by atoms with E-state index in [1.54, 1.807) is 12.1 Å². The first-order chi connectivity index (χ1) is 11.0. The Bertz CT molecular complexity index is 486. The zero-order chi connectivity index (χ0) is 16.7. The fourth-order valence-electron chi connectivity index (χ4n) is 2.94. The van der Waals surface area contributed by atoms with Crippen LogP contribution in [0, 0.1) is 17.7 Å². The van der Waals surface area contributed by atoms with Crippen molar-refractivity contribution < 1.29 is 13.9 Å². The van der Waals surface area contributed by atoms with Gasteiger partial charge in [0, 0.05) is 6.42 Å². The standard InChI is InChI=1S/C18H27FN2O2/c1-13(15-4-3-9-20-12-15)10-18(22)21-11-14(2)23-17-7-5-16(19)6-8-17/h5-8,13-15,20H,3-4,9-12H2,1-2H3,(H,21,22). The molecule has 1 aromatic rings. The molecule has 0 aromatic heterocycles. The van der Waals surface area contributed by atoms with Crippen LogP contribution in [0.5, 0.6) is 5.75 Å². The third-order valence-electron chi connectivity index (χ3n) is 4.38. The van der Waals surface area contributed by atoms with Crippen LogP contribution in [0.15, 0.2) is 24.3 Å². The van der Waals surface area contributed by atoms with Crippen LogP contribution in [0.2, 0.25) is 0 Å². The third-order valence-corrected chi connectivity index (χ3v) is 4.38. The highest BCUT2D eigenvalue weighted by atomic mass is 19.1. The average Bonchev–Trinajstić information content (AvgIpc) is 2.56. The van der Waals surface area contributed by atoms with Gasteiger partial charge in [-0.15, -0.1) is 0 Å². The Balaban J connectivity index is 1.67. The lowest BCUT2D eigenvalue weighted by atomic mass is 9.85. The summed E-state index contributed by atoms with van der Waals surface area (Å²) in [5.41, 5.74) is 0. The molecule has 3 atom stereocenters. The van der Waals surface area contributed by atoms with Crippen molar-refractivity contribution in [2.24, 2.45) is 11.8 Å². The van der Waals surface area contributed by atoms with E-state index in [2.05, 4.69) is 17.6 Å². The van der Waals surface area contributed by atoms with Crippen LogP contribution < -0.4 is 15.4 Å². The van der Waals surface area contributed by atoms with Crippen LogP contribution in [-0.4, -0.2) is 31.6 Å². The zero-order valence-corrected chi connectivity index (χ0v) is 14.0. The predicted octanol–water partition coefficient (Wildman–Crippen LogP) is 2.74. The fraction of sp³-hybridized carbons (Fsp3) is 0.611. The number of halogens is 1. The van der Waals surface area contributed by atoms with Gasteiger partial charge < -0.3 is 15.4 Å². The smallest absolute Gasteiger partial charge is 0.220 e. The summed E-state index contributed by atoms with van der Waals surface area (Å²) >= 11 is 0. The quantitative estimate of drug-likeness (QED) is 0.811. The Morgan fingerprint density at radius 2 is 2.13 bits per heavy atom. The minimum Gasteiger partial charge on any atom is -0.489 e. The van der Waals surface area contributed by atoms with Gasteiger partial charge >= 0.3 is 0 Å². The maximum absolute atomic E-state index is 12.8. The summed E-state index contributed by atoms with van der Waals surface area (Å²) in [5, 5.41) is 6.32. The molecular formula is C18H27FN2O2. The molecule has 128 valence electrons. The molecule has 0 spiro atoms. The average molecular weight is 322 g/mol. The van der Waals surface area contributed by atoms with Gasteiger partial charge in [0.2, 0.25) is 5.91 Å². The van der Waals surface area contributed by atoms with Crippen molar-refractivity contribution in [3.8, 4) is 5.75 Å². The first kappa shape index (κ1) is 17.7. The zero-order valence-electron chi connectivity index (χ0n) is 14.0. The highest BCUT2D eigenvalue weighted by molar-refractivity contribution is 5.76. The van der Waals surface area contributed by atoms with Crippen LogP contribution in [0.25, 0.3) is 0 Å². The van der Waals surface area contributed by atoms with E-state index in [1.165, 1.54) is 25.0 Å². The molecule has 1 aliphatic rings. The number of hydrogen-bond acceptors (Lipinski definition) is 3. The molecular weight excluding hydrogens is 295 g/mol. The molecule has 2 rings (SSSR count). The highest BCUT2D eigenvalue weighted by Gasteiger charge is 2.22. The molecule has 1 heterocycles. The Morgan fingerprint density at radius 3 is 2.78 bits per heavy atom. The topological polar surface area (TPSA) is 50.4 Å². The van der Waals surface area contributed by atoms with Crippen molar-refractivity contribution in [1.82, 2.24) is 10.6 Å². The largest absolute Gasteiger partial charge is 0.489 e. The van der Waals surface area contributed by atoms with Gasteiger partial charge in [0.15, 0.2) is 0 Å². The highest BCUT2D eigenvalue weighted by Crippen LogP contribution is 2.22. The van der Waals surface area contributed by atoms with Crippen LogP contribution in [-0.2, 0) is 4.79 Å². The number of piperidine rings is 1. The van der Waals surface area contributed by atoms with E-state index in [-0.39, 0.29) is 17.8 Å². The third kappa shape index (κ3) is 6.18. The summed E-state index contributed by atoms with van der Waals surface area (Å²) in [7, 11) is 0.